The van der Waals surface area contributed by atoms with Crippen LogP contribution < -0.4 is 0 Å². The molecule has 2 aliphatic rings. The van der Waals surface area contributed by atoms with Gasteiger partial charge < -0.3 is 18.8 Å². The Morgan fingerprint density at radius 2 is 1.81 bits per heavy atom. The van der Waals surface area contributed by atoms with E-state index in [9.17, 15) is 14.4 Å². The predicted octanol–water partition coefficient (Wildman–Crippen LogP) is 4.80. The van der Waals surface area contributed by atoms with Crippen LogP contribution in [-0.4, -0.2) is 45.8 Å². The predicted molar refractivity (Wildman–Crippen MR) is 140 cm³/mol. The van der Waals surface area contributed by atoms with Gasteiger partial charge in [0.1, 0.15) is 12.2 Å². The number of hydrogen-bond acceptors (Lipinski definition) is 7. The van der Waals surface area contributed by atoms with Gasteiger partial charge in [-0.2, -0.15) is 0 Å². The fraction of sp³-hybridized carbons (Fsp3) is 0.586. The van der Waals surface area contributed by atoms with Crippen molar-refractivity contribution in [3.8, 4) is 0 Å². The number of imidazole rings is 1. The molecule has 0 saturated heterocycles. The van der Waals surface area contributed by atoms with Gasteiger partial charge in [0, 0.05) is 39.6 Å². The third-order valence-electron chi connectivity index (χ3n) is 7.35. The largest absolute Gasteiger partial charge is 0.459 e. The van der Waals surface area contributed by atoms with Gasteiger partial charge in [-0.3, -0.25) is 9.59 Å². The van der Waals surface area contributed by atoms with Crippen LogP contribution in [0.4, 0.5) is 0 Å². The summed E-state index contributed by atoms with van der Waals surface area (Å²) in [5.74, 6) is -0.199. The Morgan fingerprint density at radius 1 is 1.08 bits per heavy atom. The number of carbonyl (C=O) groups excluding carboxylic acids is 3. The number of fused-ring (bicyclic) bond motifs is 1. The van der Waals surface area contributed by atoms with Crippen molar-refractivity contribution in [2.75, 3.05) is 0 Å². The van der Waals surface area contributed by atoms with Crippen molar-refractivity contribution < 1.29 is 28.6 Å². The van der Waals surface area contributed by atoms with Gasteiger partial charge in [0.15, 0.2) is 6.10 Å². The lowest BCUT2D eigenvalue weighted by molar-refractivity contribution is -0.164. The van der Waals surface area contributed by atoms with E-state index in [0.717, 1.165) is 6.42 Å². The summed E-state index contributed by atoms with van der Waals surface area (Å²) in [5.41, 5.74) is 1.93. The number of aromatic nitrogens is 2. The quantitative estimate of drug-likeness (QED) is 0.234. The molecule has 0 bridgehead atoms. The fourth-order valence-corrected chi connectivity index (χ4v) is 5.63. The maximum absolute atomic E-state index is 12.7. The van der Waals surface area contributed by atoms with Crippen LogP contribution in [0.2, 0.25) is 0 Å². The molecule has 0 N–H and O–H groups in total. The Morgan fingerprint density at radius 3 is 2.43 bits per heavy atom. The molecule has 6 atom stereocenters. The first-order valence-corrected chi connectivity index (χ1v) is 13.1. The number of rotatable bonds is 6. The topological polar surface area (TPSA) is 96.7 Å². The van der Waals surface area contributed by atoms with Crippen molar-refractivity contribution >= 4 is 24.0 Å². The van der Waals surface area contributed by atoms with Crippen LogP contribution in [0.15, 0.2) is 42.4 Å². The molecule has 1 heterocycles. The van der Waals surface area contributed by atoms with E-state index in [1.54, 1.807) is 18.5 Å². The molecule has 0 aromatic carbocycles. The second kappa shape index (κ2) is 12.9. The third kappa shape index (κ3) is 8.17. The fourth-order valence-electron chi connectivity index (χ4n) is 5.63. The van der Waals surface area contributed by atoms with Crippen molar-refractivity contribution in [3.05, 3.63) is 48.1 Å². The lowest BCUT2D eigenvalue weighted by Crippen LogP contribution is -2.41. The average Bonchev–Trinajstić information content (AvgIpc) is 3.22. The van der Waals surface area contributed by atoms with Crippen molar-refractivity contribution in [1.29, 1.82) is 0 Å². The van der Waals surface area contributed by atoms with Gasteiger partial charge >= 0.3 is 17.9 Å². The Labute approximate surface area is 219 Å². The second-order valence-corrected chi connectivity index (χ2v) is 10.6. The van der Waals surface area contributed by atoms with Gasteiger partial charge in [0.05, 0.1) is 12.0 Å². The molecule has 3 rings (SSSR count). The maximum Gasteiger partial charge on any atom is 0.331 e. The van der Waals surface area contributed by atoms with Gasteiger partial charge in [0.2, 0.25) is 0 Å². The van der Waals surface area contributed by atoms with E-state index >= 15 is 0 Å². The highest BCUT2D eigenvalue weighted by molar-refractivity contribution is 5.86. The number of allylic oxidation sites excluding steroid dienone is 2. The minimum absolute atomic E-state index is 0.140. The maximum atomic E-state index is 12.7. The first-order chi connectivity index (χ1) is 17.5. The number of nitrogens with zero attached hydrogens (tertiary/aromatic N) is 2. The van der Waals surface area contributed by atoms with Gasteiger partial charge in [-0.25, -0.2) is 9.78 Å². The van der Waals surface area contributed by atoms with E-state index in [4.69, 9.17) is 14.2 Å². The van der Waals surface area contributed by atoms with Crippen LogP contribution in [0, 0.1) is 23.7 Å². The van der Waals surface area contributed by atoms with Crippen molar-refractivity contribution in [2.24, 2.45) is 30.7 Å². The highest BCUT2D eigenvalue weighted by Gasteiger charge is 2.41. The first kappa shape index (κ1) is 28.4. The van der Waals surface area contributed by atoms with Crippen LogP contribution in [0.3, 0.4) is 0 Å². The first-order valence-electron chi connectivity index (χ1n) is 13.1. The summed E-state index contributed by atoms with van der Waals surface area (Å²) in [6.45, 7) is 9.27. The number of esters is 3. The molecule has 0 unspecified atom stereocenters. The number of ether oxygens (including phenoxy) is 3. The lowest BCUT2D eigenvalue weighted by atomic mass is 9.64. The summed E-state index contributed by atoms with van der Waals surface area (Å²) in [4.78, 5) is 40.9. The Bertz CT molecular complexity index is 1050. The molecule has 2 aliphatic carbocycles. The molecule has 0 radical (unpaired) electrons. The summed E-state index contributed by atoms with van der Waals surface area (Å²) >= 11 is 0. The SMILES string of the molecule is CC(=O)O[C@H]1C[C@@H]2[C@@H](C(C)C)CC=C(C)[C@@H]2C[C@H](OC(=O)C=Cc2cn(C)cn2)CC=C[C@H]1OC(C)=O. The van der Waals surface area contributed by atoms with Crippen LogP contribution in [0.1, 0.15) is 66.0 Å². The zero-order valence-electron chi connectivity index (χ0n) is 22.8. The minimum atomic E-state index is -0.709. The second-order valence-electron chi connectivity index (χ2n) is 10.6. The van der Waals surface area contributed by atoms with E-state index in [0.29, 0.717) is 36.8 Å². The molecule has 37 heavy (non-hydrogen) atoms. The average molecular weight is 513 g/mol. The smallest absolute Gasteiger partial charge is 0.331 e. The normalized spacial score (nSPS) is 28.4. The van der Waals surface area contributed by atoms with Crippen molar-refractivity contribution in [3.63, 3.8) is 0 Å². The molecule has 8 nitrogen and oxygen atoms in total. The number of hydrogen-bond donors (Lipinski definition) is 0. The molecule has 8 heteroatoms. The highest BCUT2D eigenvalue weighted by atomic mass is 16.6. The molecule has 0 saturated carbocycles. The van der Waals surface area contributed by atoms with E-state index in [-0.39, 0.29) is 17.9 Å². The van der Waals surface area contributed by atoms with Crippen LogP contribution >= 0.6 is 0 Å². The molecular weight excluding hydrogens is 472 g/mol. The molecule has 0 aliphatic heterocycles. The molecule has 0 fully saturated rings. The summed E-state index contributed by atoms with van der Waals surface area (Å²) in [5, 5.41) is 0. The third-order valence-corrected chi connectivity index (χ3v) is 7.35. The molecule has 202 valence electrons. The van der Waals surface area contributed by atoms with E-state index < -0.39 is 30.1 Å². The van der Waals surface area contributed by atoms with Gasteiger partial charge in [0.25, 0.3) is 0 Å². The number of aryl methyl sites for hydroxylation is 1. The summed E-state index contributed by atoms with van der Waals surface area (Å²) < 4.78 is 19.1. The van der Waals surface area contributed by atoms with Crippen LogP contribution in [0.5, 0.6) is 0 Å². The lowest BCUT2D eigenvalue weighted by Gasteiger charge is -2.43. The Balaban J connectivity index is 1.91. The summed E-state index contributed by atoms with van der Waals surface area (Å²) in [6.07, 6.45) is 13.4. The highest BCUT2D eigenvalue weighted by Crippen LogP contribution is 2.45. The Kier molecular flexibility index (Phi) is 9.89. The summed E-state index contributed by atoms with van der Waals surface area (Å²) in [7, 11) is 1.87. The van der Waals surface area contributed by atoms with Crippen LogP contribution in [0.25, 0.3) is 6.08 Å². The van der Waals surface area contributed by atoms with E-state index in [2.05, 4.69) is 31.8 Å². The molecule has 1 aromatic heterocycles. The molecular formula is C29H40N2O6. The summed E-state index contributed by atoms with van der Waals surface area (Å²) in [6, 6.07) is 0. The molecule has 1 aromatic rings. The van der Waals surface area contributed by atoms with Gasteiger partial charge in [-0.15, -0.1) is 0 Å². The molecule has 0 amide bonds. The standard InChI is InChI=1S/C29H40N2O6/c1-18(2)24-12-10-19(3)25-14-23(37-29(34)13-11-22-16-31(6)17-30-22)8-7-9-27(35-20(4)32)28(15-26(24)25)36-21(5)33/h7,9-11,13,16-18,23-28H,8,12,14-15H2,1-6H3/t23-,24-,25+,26-,27-,28+/m1/s1. The van der Waals surface area contributed by atoms with E-state index in [1.807, 2.05) is 23.9 Å². The minimum Gasteiger partial charge on any atom is -0.459 e. The monoisotopic (exact) mass is 512 g/mol. The van der Waals surface area contributed by atoms with Gasteiger partial charge in [-0.05, 0) is 62.0 Å². The van der Waals surface area contributed by atoms with Crippen molar-refractivity contribution in [1.82, 2.24) is 9.55 Å². The molecule has 0 spiro atoms. The van der Waals surface area contributed by atoms with Crippen LogP contribution in [-0.2, 0) is 35.6 Å². The zero-order valence-corrected chi connectivity index (χ0v) is 22.8. The van der Waals surface area contributed by atoms with E-state index in [1.165, 1.54) is 25.5 Å². The number of carbonyl (C=O) groups is 3. The van der Waals surface area contributed by atoms with Crippen molar-refractivity contribution in [2.45, 2.75) is 78.6 Å². The van der Waals surface area contributed by atoms with Gasteiger partial charge in [-0.1, -0.05) is 31.6 Å². The zero-order chi connectivity index (χ0) is 27.1. The Hall–Kier alpha value is -3.16.